The summed E-state index contributed by atoms with van der Waals surface area (Å²) in [5.41, 5.74) is 3.11. The molecule has 5 heteroatoms. The number of hydrogen-bond acceptors (Lipinski definition) is 2. The fourth-order valence-electron chi connectivity index (χ4n) is 3.52. The van der Waals surface area contributed by atoms with E-state index in [-0.39, 0.29) is 23.3 Å². The van der Waals surface area contributed by atoms with Crippen LogP contribution >= 0.6 is 0 Å². The highest BCUT2D eigenvalue weighted by molar-refractivity contribution is 6.61. The maximum Gasteiger partial charge on any atom is 0.123 e. The molecule has 1 aromatic rings. The van der Waals surface area contributed by atoms with Crippen LogP contribution in [0.5, 0.6) is 11.5 Å². The second-order valence-electron chi connectivity index (χ2n) is 6.94. The molecule has 0 amide bonds. The summed E-state index contributed by atoms with van der Waals surface area (Å²) < 4.78 is 0. The fourth-order valence-corrected chi connectivity index (χ4v) is 3.52. The van der Waals surface area contributed by atoms with E-state index in [1.807, 2.05) is 13.0 Å². The molecule has 0 bridgehead atoms. The van der Waals surface area contributed by atoms with Crippen LogP contribution in [0.4, 0.5) is 0 Å². The Bertz CT molecular complexity index is 636. The number of phenolic OH excluding ortho intramolecular Hbond substituents is 2. The zero-order chi connectivity index (χ0) is 18.1. The molecule has 2 rings (SSSR count). The van der Waals surface area contributed by atoms with Gasteiger partial charge in [0.05, 0.1) is 23.5 Å². The normalized spacial score (nSPS) is 21.3. The minimum Gasteiger partial charge on any atom is -0.507 e. The van der Waals surface area contributed by atoms with E-state index >= 15 is 0 Å². The molecule has 1 aliphatic rings. The molecule has 2 N–H and O–H groups in total. The zero-order valence-corrected chi connectivity index (χ0v) is 14.5. The van der Waals surface area contributed by atoms with Crippen molar-refractivity contribution in [1.82, 2.24) is 0 Å². The number of hydrogen-bond donors (Lipinski definition) is 2. The molecular weight excluding hydrogens is 293 g/mol. The Morgan fingerprint density at radius 1 is 1.25 bits per heavy atom. The van der Waals surface area contributed by atoms with Gasteiger partial charge < -0.3 is 10.2 Å². The number of allylic oxidation sites excluding steroid dienone is 3. The van der Waals surface area contributed by atoms with E-state index in [1.165, 1.54) is 5.57 Å². The van der Waals surface area contributed by atoms with E-state index < -0.39 is 5.11 Å². The van der Waals surface area contributed by atoms with Gasteiger partial charge in [0.25, 0.3) is 0 Å². The standard InChI is InChI=1S/C19H23B3O2/c1-4-5-13-9-16(23)18(17(24)10-13)15-8-11(2)6-7-14(15)12(3)19(20,21)22/h8-10,14-15,23-24H,3-7H2,1-2H3. The van der Waals surface area contributed by atoms with Crippen molar-refractivity contribution >= 4 is 23.5 Å². The molecule has 0 saturated heterocycles. The quantitative estimate of drug-likeness (QED) is 0.643. The van der Waals surface area contributed by atoms with Gasteiger partial charge in [-0.2, -0.15) is 0 Å². The van der Waals surface area contributed by atoms with Crippen LogP contribution in [0.1, 0.15) is 50.2 Å². The molecule has 2 atom stereocenters. The predicted octanol–water partition coefficient (Wildman–Crippen LogP) is 3.63. The van der Waals surface area contributed by atoms with E-state index in [1.54, 1.807) is 12.1 Å². The number of rotatable bonds is 5. The van der Waals surface area contributed by atoms with E-state index in [0.717, 1.165) is 31.2 Å². The number of phenols is 2. The van der Waals surface area contributed by atoms with Crippen LogP contribution in [-0.4, -0.2) is 33.8 Å². The molecule has 6 radical (unpaired) electrons. The molecule has 2 nitrogen and oxygen atoms in total. The maximum absolute atomic E-state index is 10.5. The van der Waals surface area contributed by atoms with E-state index in [9.17, 15) is 10.2 Å². The topological polar surface area (TPSA) is 40.5 Å². The lowest BCUT2D eigenvalue weighted by Crippen LogP contribution is -2.27. The summed E-state index contributed by atoms with van der Waals surface area (Å²) in [6, 6.07) is 3.44. The van der Waals surface area contributed by atoms with Gasteiger partial charge in [-0.1, -0.05) is 30.6 Å². The summed E-state index contributed by atoms with van der Waals surface area (Å²) in [4.78, 5) is 0. The second kappa shape index (κ2) is 7.17. The number of aryl methyl sites for hydroxylation is 1. The van der Waals surface area contributed by atoms with Crippen LogP contribution in [0.2, 0.25) is 5.11 Å². The van der Waals surface area contributed by atoms with Gasteiger partial charge in [-0.05, 0) is 49.8 Å². The third-order valence-electron chi connectivity index (χ3n) is 4.82. The van der Waals surface area contributed by atoms with Gasteiger partial charge in [-0.25, -0.2) is 0 Å². The highest BCUT2D eigenvalue weighted by Crippen LogP contribution is 2.49. The van der Waals surface area contributed by atoms with Gasteiger partial charge in [0.2, 0.25) is 0 Å². The minimum absolute atomic E-state index is 0.0869. The summed E-state index contributed by atoms with van der Waals surface area (Å²) in [5, 5.41) is 19.6. The number of benzene rings is 1. The highest BCUT2D eigenvalue weighted by atomic mass is 16.3. The van der Waals surface area contributed by atoms with Crippen molar-refractivity contribution in [3.63, 3.8) is 0 Å². The van der Waals surface area contributed by atoms with Crippen LogP contribution in [0.25, 0.3) is 0 Å². The minimum atomic E-state index is -1.49. The van der Waals surface area contributed by atoms with Crippen LogP contribution in [0, 0.1) is 5.92 Å². The summed E-state index contributed by atoms with van der Waals surface area (Å²) >= 11 is 0. The second-order valence-corrected chi connectivity index (χ2v) is 6.94. The van der Waals surface area contributed by atoms with Crippen LogP contribution < -0.4 is 0 Å². The SMILES string of the molecule is [B]C([B])([B])C(=C)C1CCC(C)=CC1c1c(O)cc(CCC)cc1O. The highest BCUT2D eigenvalue weighted by Gasteiger charge is 2.34. The molecular formula is C19H23B3O2. The summed E-state index contributed by atoms with van der Waals surface area (Å²) in [5.74, 6) is -0.216. The Morgan fingerprint density at radius 3 is 2.33 bits per heavy atom. The third-order valence-corrected chi connectivity index (χ3v) is 4.82. The largest absolute Gasteiger partial charge is 0.507 e. The van der Waals surface area contributed by atoms with E-state index in [4.69, 9.17) is 23.5 Å². The van der Waals surface area contributed by atoms with Crippen molar-refractivity contribution < 1.29 is 10.2 Å². The summed E-state index contributed by atoms with van der Waals surface area (Å²) in [6.45, 7) is 8.08. The van der Waals surface area contributed by atoms with Gasteiger partial charge in [0.15, 0.2) is 0 Å². The molecule has 24 heavy (non-hydrogen) atoms. The first-order valence-corrected chi connectivity index (χ1v) is 8.43. The Kier molecular flexibility index (Phi) is 5.62. The van der Waals surface area contributed by atoms with Crippen molar-refractivity contribution in [2.45, 2.75) is 50.6 Å². The van der Waals surface area contributed by atoms with Gasteiger partial charge in [-0.3, -0.25) is 0 Å². The fraction of sp³-hybridized carbons (Fsp3) is 0.474. The third kappa shape index (κ3) is 3.93. The maximum atomic E-state index is 10.5. The molecule has 0 aromatic heterocycles. The van der Waals surface area contributed by atoms with Gasteiger partial charge in [-0.15, -0.1) is 11.7 Å². The molecule has 120 valence electrons. The Morgan fingerprint density at radius 2 is 1.83 bits per heavy atom. The Hall–Kier alpha value is -1.51. The van der Waals surface area contributed by atoms with Crippen molar-refractivity contribution in [2.24, 2.45) is 5.92 Å². The molecule has 1 aliphatic carbocycles. The van der Waals surface area contributed by atoms with Gasteiger partial charge in [0, 0.05) is 11.5 Å². The van der Waals surface area contributed by atoms with Crippen molar-refractivity contribution in [3.8, 4) is 11.5 Å². The average Bonchev–Trinajstić information content (AvgIpc) is 2.45. The molecule has 0 aliphatic heterocycles. The Balaban J connectivity index is 2.50. The molecule has 0 saturated carbocycles. The Labute approximate surface area is 149 Å². The van der Waals surface area contributed by atoms with E-state index in [0.29, 0.717) is 11.1 Å². The van der Waals surface area contributed by atoms with E-state index in [2.05, 4.69) is 13.5 Å². The van der Waals surface area contributed by atoms with Crippen molar-refractivity contribution in [1.29, 1.82) is 0 Å². The molecule has 0 spiro atoms. The van der Waals surface area contributed by atoms with Crippen LogP contribution in [0.3, 0.4) is 0 Å². The molecule has 0 fully saturated rings. The first-order chi connectivity index (χ1) is 11.1. The first kappa shape index (κ1) is 18.8. The average molecular weight is 316 g/mol. The smallest absolute Gasteiger partial charge is 0.123 e. The van der Waals surface area contributed by atoms with Crippen molar-refractivity contribution in [2.75, 3.05) is 0 Å². The lowest BCUT2D eigenvalue weighted by molar-refractivity contribution is 0.404. The number of aromatic hydroxyl groups is 2. The van der Waals surface area contributed by atoms with Gasteiger partial charge in [0.1, 0.15) is 11.5 Å². The lowest BCUT2D eigenvalue weighted by atomic mass is 9.37. The molecule has 0 heterocycles. The predicted molar refractivity (Wildman–Crippen MR) is 102 cm³/mol. The summed E-state index contributed by atoms with van der Waals surface area (Å²) in [6.07, 6.45) is 5.44. The zero-order valence-electron chi connectivity index (χ0n) is 14.5. The lowest BCUT2D eigenvalue weighted by Gasteiger charge is -2.38. The summed E-state index contributed by atoms with van der Waals surface area (Å²) in [7, 11) is 17.5. The van der Waals surface area contributed by atoms with Crippen LogP contribution in [0.15, 0.2) is 35.9 Å². The monoisotopic (exact) mass is 316 g/mol. The van der Waals surface area contributed by atoms with Crippen molar-refractivity contribution in [3.05, 3.63) is 47.1 Å². The molecule has 2 unspecified atom stereocenters. The molecule has 1 aromatic carbocycles. The first-order valence-electron chi connectivity index (χ1n) is 8.43. The van der Waals surface area contributed by atoms with Crippen LogP contribution in [-0.2, 0) is 6.42 Å². The van der Waals surface area contributed by atoms with Gasteiger partial charge >= 0.3 is 0 Å².